The van der Waals surface area contributed by atoms with Gasteiger partial charge in [0.2, 0.25) is 0 Å². The average molecular weight is 320 g/mol. The Labute approximate surface area is 140 Å². The molecular formula is C20H32O3. The van der Waals surface area contributed by atoms with E-state index in [-0.39, 0.29) is 17.4 Å². The highest BCUT2D eigenvalue weighted by Gasteiger charge is 2.55. The van der Waals surface area contributed by atoms with Gasteiger partial charge in [-0.2, -0.15) is 0 Å². The number of rotatable bonds is 5. The molecule has 0 aromatic carbocycles. The topological polar surface area (TPSA) is 57.5 Å². The molecule has 2 rings (SSSR count). The third-order valence-corrected chi connectivity index (χ3v) is 6.72. The van der Waals surface area contributed by atoms with Crippen LogP contribution in [-0.2, 0) is 4.79 Å². The Balaban J connectivity index is 2.19. The van der Waals surface area contributed by atoms with Crippen LogP contribution >= 0.6 is 0 Å². The van der Waals surface area contributed by atoms with Gasteiger partial charge in [0.1, 0.15) is 5.78 Å². The normalized spacial score (nSPS) is 34.8. The minimum atomic E-state index is -0.833. The maximum absolute atomic E-state index is 12.4. The van der Waals surface area contributed by atoms with Crippen LogP contribution in [0.25, 0.3) is 0 Å². The van der Waals surface area contributed by atoms with Crippen molar-refractivity contribution >= 4 is 5.78 Å². The summed E-state index contributed by atoms with van der Waals surface area (Å²) >= 11 is 0. The van der Waals surface area contributed by atoms with Crippen molar-refractivity contribution in [2.75, 3.05) is 6.61 Å². The molecule has 0 spiro atoms. The maximum Gasteiger partial charge on any atom is 0.138 e. The number of aliphatic hydroxyl groups excluding tert-OH is 2. The van der Waals surface area contributed by atoms with E-state index in [1.54, 1.807) is 0 Å². The SMILES string of the molecule is C=C(CCC1C(=C)CCC2C(C)(C)C(=O)CCC12C)C(O)CO. The van der Waals surface area contributed by atoms with Crippen molar-refractivity contribution < 1.29 is 15.0 Å². The Morgan fingerprint density at radius 2 is 2.00 bits per heavy atom. The molecule has 23 heavy (non-hydrogen) atoms. The van der Waals surface area contributed by atoms with Crippen LogP contribution in [0, 0.1) is 22.7 Å². The van der Waals surface area contributed by atoms with Crippen LogP contribution in [0.1, 0.15) is 59.3 Å². The first-order valence-corrected chi connectivity index (χ1v) is 8.82. The lowest BCUT2D eigenvalue weighted by molar-refractivity contribution is -0.144. The molecule has 4 atom stereocenters. The Bertz CT molecular complexity index is 505. The van der Waals surface area contributed by atoms with Crippen molar-refractivity contribution in [3.05, 3.63) is 24.3 Å². The minimum Gasteiger partial charge on any atom is -0.393 e. The fraction of sp³-hybridized carbons (Fsp3) is 0.750. The molecule has 0 saturated heterocycles. The van der Waals surface area contributed by atoms with Crippen LogP contribution in [0.2, 0.25) is 0 Å². The fourth-order valence-corrected chi connectivity index (χ4v) is 5.14. The van der Waals surface area contributed by atoms with Crippen molar-refractivity contribution in [1.82, 2.24) is 0 Å². The molecule has 2 saturated carbocycles. The second kappa shape index (κ2) is 6.52. The molecule has 130 valence electrons. The van der Waals surface area contributed by atoms with E-state index in [1.165, 1.54) is 5.57 Å². The molecule has 2 N–H and O–H groups in total. The van der Waals surface area contributed by atoms with Crippen molar-refractivity contribution in [3.8, 4) is 0 Å². The number of fused-ring (bicyclic) bond motifs is 1. The zero-order chi connectivity index (χ0) is 17.4. The molecule has 0 radical (unpaired) electrons. The Hall–Kier alpha value is -0.930. The van der Waals surface area contributed by atoms with Crippen LogP contribution in [0.5, 0.6) is 0 Å². The standard InChI is InChI=1S/C20H32O3/c1-13-7-9-17-19(3,4)18(23)10-11-20(17,5)15(13)8-6-14(2)16(22)12-21/h15-17,21-22H,1-2,6-12H2,3-5H3. The van der Waals surface area contributed by atoms with Crippen molar-refractivity contribution in [3.63, 3.8) is 0 Å². The van der Waals surface area contributed by atoms with E-state index < -0.39 is 6.10 Å². The molecule has 0 bridgehead atoms. The lowest BCUT2D eigenvalue weighted by Gasteiger charge is -2.57. The molecule has 2 aliphatic carbocycles. The summed E-state index contributed by atoms with van der Waals surface area (Å²) in [5, 5.41) is 18.8. The van der Waals surface area contributed by atoms with E-state index in [1.807, 2.05) is 0 Å². The summed E-state index contributed by atoms with van der Waals surface area (Å²) in [4.78, 5) is 12.4. The molecule has 0 amide bonds. The van der Waals surface area contributed by atoms with Gasteiger partial charge in [-0.15, -0.1) is 0 Å². The molecule has 0 aliphatic heterocycles. The lowest BCUT2D eigenvalue weighted by Crippen LogP contribution is -2.53. The van der Waals surface area contributed by atoms with Gasteiger partial charge in [0.25, 0.3) is 0 Å². The number of hydrogen-bond donors (Lipinski definition) is 2. The van der Waals surface area contributed by atoms with Crippen LogP contribution in [-0.4, -0.2) is 28.7 Å². The maximum atomic E-state index is 12.4. The zero-order valence-corrected chi connectivity index (χ0v) is 14.9. The number of allylic oxidation sites excluding steroid dienone is 1. The Morgan fingerprint density at radius 3 is 2.61 bits per heavy atom. The van der Waals surface area contributed by atoms with Gasteiger partial charge in [0.15, 0.2) is 0 Å². The third kappa shape index (κ3) is 3.18. The summed E-state index contributed by atoms with van der Waals surface area (Å²) in [5.74, 6) is 1.14. The smallest absolute Gasteiger partial charge is 0.138 e. The molecule has 2 aliphatic rings. The zero-order valence-electron chi connectivity index (χ0n) is 14.9. The summed E-state index contributed by atoms with van der Waals surface area (Å²) < 4.78 is 0. The second-order valence-corrected chi connectivity index (χ2v) is 8.35. The molecule has 3 nitrogen and oxygen atoms in total. The van der Waals surface area contributed by atoms with Crippen LogP contribution < -0.4 is 0 Å². The van der Waals surface area contributed by atoms with Gasteiger partial charge in [-0.1, -0.05) is 39.5 Å². The quantitative estimate of drug-likeness (QED) is 0.760. The highest BCUT2D eigenvalue weighted by molar-refractivity contribution is 5.85. The first kappa shape index (κ1) is 18.4. The van der Waals surface area contributed by atoms with E-state index in [4.69, 9.17) is 5.11 Å². The number of ketones is 1. The highest BCUT2D eigenvalue weighted by atomic mass is 16.3. The average Bonchev–Trinajstić information content (AvgIpc) is 2.49. The van der Waals surface area contributed by atoms with E-state index in [0.29, 0.717) is 36.0 Å². The highest BCUT2D eigenvalue weighted by Crippen LogP contribution is 2.60. The first-order chi connectivity index (χ1) is 10.6. The van der Waals surface area contributed by atoms with Crippen molar-refractivity contribution in [2.45, 2.75) is 65.4 Å². The van der Waals surface area contributed by atoms with Gasteiger partial charge in [-0.3, -0.25) is 4.79 Å². The molecule has 4 unspecified atom stereocenters. The lowest BCUT2D eigenvalue weighted by atomic mass is 9.46. The second-order valence-electron chi connectivity index (χ2n) is 8.35. The monoisotopic (exact) mass is 320 g/mol. The van der Waals surface area contributed by atoms with Crippen molar-refractivity contribution in [2.24, 2.45) is 22.7 Å². The fourth-order valence-electron chi connectivity index (χ4n) is 5.14. The summed E-state index contributed by atoms with van der Waals surface area (Å²) in [5.41, 5.74) is 1.81. The molecule has 3 heteroatoms. The van der Waals surface area contributed by atoms with Crippen LogP contribution in [0.15, 0.2) is 24.3 Å². The van der Waals surface area contributed by atoms with Gasteiger partial charge >= 0.3 is 0 Å². The number of aliphatic hydroxyl groups is 2. The predicted molar refractivity (Wildman–Crippen MR) is 92.9 cm³/mol. The van der Waals surface area contributed by atoms with Gasteiger partial charge in [-0.25, -0.2) is 0 Å². The van der Waals surface area contributed by atoms with Crippen molar-refractivity contribution in [1.29, 1.82) is 0 Å². The molecule has 0 aromatic heterocycles. The summed E-state index contributed by atoms with van der Waals surface area (Å²) in [7, 11) is 0. The van der Waals surface area contributed by atoms with E-state index in [9.17, 15) is 9.90 Å². The number of carbonyl (C=O) groups is 1. The van der Waals surface area contributed by atoms with Gasteiger partial charge in [0, 0.05) is 11.8 Å². The van der Waals surface area contributed by atoms with E-state index in [2.05, 4.69) is 33.9 Å². The minimum absolute atomic E-state index is 0.0944. The molecular weight excluding hydrogens is 288 g/mol. The molecule has 0 aromatic rings. The number of hydrogen-bond acceptors (Lipinski definition) is 3. The Kier molecular flexibility index (Phi) is 5.22. The first-order valence-electron chi connectivity index (χ1n) is 8.82. The van der Waals surface area contributed by atoms with Gasteiger partial charge < -0.3 is 10.2 Å². The predicted octanol–water partition coefficient (Wildman–Crippen LogP) is 3.65. The van der Waals surface area contributed by atoms with Gasteiger partial charge in [-0.05, 0) is 54.9 Å². The summed E-state index contributed by atoms with van der Waals surface area (Å²) in [6.07, 6.45) is 4.37. The number of carbonyl (C=O) groups excluding carboxylic acids is 1. The van der Waals surface area contributed by atoms with E-state index in [0.717, 1.165) is 25.7 Å². The third-order valence-electron chi connectivity index (χ3n) is 6.72. The summed E-state index contributed by atoms with van der Waals surface area (Å²) in [6, 6.07) is 0. The van der Waals surface area contributed by atoms with Crippen LogP contribution in [0.3, 0.4) is 0 Å². The Morgan fingerprint density at radius 1 is 1.35 bits per heavy atom. The van der Waals surface area contributed by atoms with Crippen LogP contribution in [0.4, 0.5) is 0 Å². The number of Topliss-reactive ketones (excluding diaryl/α,β-unsaturated/α-hetero) is 1. The van der Waals surface area contributed by atoms with Gasteiger partial charge in [0.05, 0.1) is 12.7 Å². The largest absolute Gasteiger partial charge is 0.393 e. The molecule has 0 heterocycles. The summed E-state index contributed by atoms with van der Waals surface area (Å²) in [6.45, 7) is 14.5. The molecule has 2 fully saturated rings. The van der Waals surface area contributed by atoms with E-state index >= 15 is 0 Å².